The van der Waals surface area contributed by atoms with Crippen LogP contribution in [0.1, 0.15) is 0 Å². The number of hydrogen-bond acceptors (Lipinski definition) is 5. The van der Waals surface area contributed by atoms with E-state index in [4.69, 9.17) is 9.52 Å². The van der Waals surface area contributed by atoms with Crippen molar-refractivity contribution in [1.29, 1.82) is 0 Å². The molecule has 0 bridgehead atoms. The van der Waals surface area contributed by atoms with Crippen molar-refractivity contribution < 1.29 is 4.42 Å². The molecule has 5 aromatic rings. The Morgan fingerprint density at radius 1 is 1.00 bits per heavy atom. The van der Waals surface area contributed by atoms with Crippen molar-refractivity contribution in [3.63, 3.8) is 0 Å². The van der Waals surface area contributed by atoms with Gasteiger partial charge in [-0.2, -0.15) is 9.61 Å². The fourth-order valence-electron chi connectivity index (χ4n) is 2.61. The van der Waals surface area contributed by atoms with Crippen LogP contribution in [-0.2, 0) is 0 Å². The van der Waals surface area contributed by atoms with Gasteiger partial charge >= 0.3 is 0 Å². The van der Waals surface area contributed by atoms with Gasteiger partial charge in [0.15, 0.2) is 5.76 Å². The standard InChI is InChI=1S/C17H9IN4OS/c18-12-7-3-2-6-11(12)16-21-22-15(19-20-17(22)24-16)14-9-10-5-1-4-8-13(10)23-14/h1-9H. The summed E-state index contributed by atoms with van der Waals surface area (Å²) in [7, 11) is 0. The predicted octanol–water partition coefficient (Wildman–Crippen LogP) is 4.87. The first-order chi connectivity index (χ1) is 11.8. The van der Waals surface area contributed by atoms with Crippen molar-refractivity contribution in [2.45, 2.75) is 0 Å². The second kappa shape index (κ2) is 5.38. The van der Waals surface area contributed by atoms with E-state index < -0.39 is 0 Å². The summed E-state index contributed by atoms with van der Waals surface area (Å²) in [5, 5.41) is 15.1. The highest BCUT2D eigenvalue weighted by Gasteiger charge is 2.18. The first-order valence-electron chi connectivity index (χ1n) is 7.26. The molecular formula is C17H9IN4OS. The van der Waals surface area contributed by atoms with Gasteiger partial charge in [-0.25, -0.2) is 0 Å². The predicted molar refractivity (Wildman–Crippen MR) is 102 cm³/mol. The molecule has 0 aliphatic rings. The van der Waals surface area contributed by atoms with E-state index in [1.54, 1.807) is 4.52 Å². The minimum Gasteiger partial charge on any atom is -0.453 e. The van der Waals surface area contributed by atoms with Crippen LogP contribution >= 0.6 is 33.9 Å². The lowest BCUT2D eigenvalue weighted by Gasteiger charge is -1.98. The maximum Gasteiger partial charge on any atom is 0.235 e. The summed E-state index contributed by atoms with van der Waals surface area (Å²) in [5.41, 5.74) is 1.93. The molecule has 2 aromatic carbocycles. The summed E-state index contributed by atoms with van der Waals surface area (Å²) < 4.78 is 8.81. The lowest BCUT2D eigenvalue weighted by atomic mass is 10.2. The lowest BCUT2D eigenvalue weighted by Crippen LogP contribution is -1.90. The van der Waals surface area contributed by atoms with Gasteiger partial charge < -0.3 is 4.42 Å². The van der Waals surface area contributed by atoms with Crippen molar-refractivity contribution in [3.05, 3.63) is 58.2 Å². The molecule has 5 rings (SSSR count). The van der Waals surface area contributed by atoms with E-state index in [1.165, 1.54) is 11.3 Å². The quantitative estimate of drug-likeness (QED) is 0.365. The number of fused-ring (bicyclic) bond motifs is 2. The van der Waals surface area contributed by atoms with Gasteiger partial charge in [0.1, 0.15) is 10.6 Å². The van der Waals surface area contributed by atoms with Gasteiger partial charge in [-0.15, -0.1) is 10.2 Å². The van der Waals surface area contributed by atoms with Crippen molar-refractivity contribution in [2.24, 2.45) is 0 Å². The number of furan rings is 1. The average molecular weight is 444 g/mol. The molecule has 0 radical (unpaired) electrons. The van der Waals surface area contributed by atoms with Crippen LogP contribution in [-0.4, -0.2) is 19.8 Å². The minimum absolute atomic E-state index is 0.620. The second-order valence-electron chi connectivity index (χ2n) is 5.25. The van der Waals surface area contributed by atoms with Crippen LogP contribution in [0.2, 0.25) is 0 Å². The van der Waals surface area contributed by atoms with E-state index >= 15 is 0 Å². The third kappa shape index (κ3) is 2.15. The number of nitrogens with zero attached hydrogens (tertiary/aromatic N) is 4. The number of benzene rings is 2. The van der Waals surface area contributed by atoms with Gasteiger partial charge in [0.2, 0.25) is 10.8 Å². The van der Waals surface area contributed by atoms with Crippen molar-refractivity contribution in [2.75, 3.05) is 0 Å². The van der Waals surface area contributed by atoms with Crippen LogP contribution in [0.5, 0.6) is 0 Å². The molecule has 116 valence electrons. The number of halogens is 1. The first kappa shape index (κ1) is 14.1. The zero-order valence-corrected chi connectivity index (χ0v) is 15.2. The molecule has 0 unspecified atom stereocenters. The van der Waals surface area contributed by atoms with Crippen LogP contribution < -0.4 is 0 Å². The molecule has 0 atom stereocenters. The number of rotatable bonds is 2. The average Bonchev–Trinajstić information content (AvgIpc) is 3.28. The van der Waals surface area contributed by atoms with Crippen LogP contribution in [0.4, 0.5) is 0 Å². The fraction of sp³-hybridized carbons (Fsp3) is 0. The van der Waals surface area contributed by atoms with Crippen LogP contribution in [0.25, 0.3) is 38.1 Å². The third-order valence-electron chi connectivity index (χ3n) is 3.74. The minimum atomic E-state index is 0.620. The van der Waals surface area contributed by atoms with Crippen molar-refractivity contribution in [3.8, 4) is 22.2 Å². The highest BCUT2D eigenvalue weighted by atomic mass is 127. The van der Waals surface area contributed by atoms with Crippen LogP contribution in [0.3, 0.4) is 0 Å². The summed E-state index contributed by atoms with van der Waals surface area (Å²) in [4.78, 5) is 0.750. The molecule has 3 aromatic heterocycles. The smallest absolute Gasteiger partial charge is 0.235 e. The Bertz CT molecular complexity index is 1160. The summed E-state index contributed by atoms with van der Waals surface area (Å²) in [6.45, 7) is 0. The molecule has 24 heavy (non-hydrogen) atoms. The molecule has 0 spiro atoms. The topological polar surface area (TPSA) is 56.2 Å². The number of hydrogen-bond donors (Lipinski definition) is 0. The first-order valence-corrected chi connectivity index (χ1v) is 9.15. The molecule has 7 heteroatoms. The lowest BCUT2D eigenvalue weighted by molar-refractivity contribution is 0.622. The Morgan fingerprint density at radius 3 is 2.71 bits per heavy atom. The Balaban J connectivity index is 1.69. The molecule has 0 aliphatic carbocycles. The molecule has 0 aliphatic heterocycles. The van der Waals surface area contributed by atoms with Gasteiger partial charge in [0.25, 0.3) is 0 Å². The van der Waals surface area contributed by atoms with Gasteiger partial charge in [-0.05, 0) is 40.8 Å². The summed E-state index contributed by atoms with van der Waals surface area (Å²) in [6.07, 6.45) is 0. The highest BCUT2D eigenvalue weighted by molar-refractivity contribution is 14.1. The molecule has 0 fully saturated rings. The largest absolute Gasteiger partial charge is 0.453 e. The van der Waals surface area contributed by atoms with E-state index in [0.717, 1.165) is 30.1 Å². The van der Waals surface area contributed by atoms with E-state index in [1.807, 2.05) is 42.5 Å². The molecule has 5 nitrogen and oxygen atoms in total. The Hall–Kier alpha value is -2.26. The molecular weight excluding hydrogens is 435 g/mol. The molecule has 0 N–H and O–H groups in total. The Morgan fingerprint density at radius 2 is 1.83 bits per heavy atom. The molecule has 0 amide bonds. The molecule has 3 heterocycles. The van der Waals surface area contributed by atoms with Gasteiger partial charge in [0, 0.05) is 14.5 Å². The Labute approximate surface area is 154 Å². The van der Waals surface area contributed by atoms with Crippen LogP contribution in [0, 0.1) is 3.57 Å². The number of para-hydroxylation sites is 1. The van der Waals surface area contributed by atoms with E-state index in [9.17, 15) is 0 Å². The van der Waals surface area contributed by atoms with Gasteiger partial charge in [0.05, 0.1) is 0 Å². The maximum atomic E-state index is 5.90. The number of aromatic nitrogens is 4. The zero-order chi connectivity index (χ0) is 16.1. The fourth-order valence-corrected chi connectivity index (χ4v) is 4.31. The summed E-state index contributed by atoms with van der Waals surface area (Å²) in [5.74, 6) is 1.29. The second-order valence-corrected chi connectivity index (χ2v) is 7.37. The molecule has 0 saturated carbocycles. The third-order valence-corrected chi connectivity index (χ3v) is 5.61. The maximum absolute atomic E-state index is 5.90. The summed E-state index contributed by atoms with van der Waals surface area (Å²) >= 11 is 3.84. The van der Waals surface area contributed by atoms with Crippen LogP contribution in [0.15, 0.2) is 59.0 Å². The van der Waals surface area contributed by atoms with E-state index in [2.05, 4.69) is 44.9 Å². The van der Waals surface area contributed by atoms with Gasteiger partial charge in [-0.1, -0.05) is 47.7 Å². The zero-order valence-electron chi connectivity index (χ0n) is 12.2. The van der Waals surface area contributed by atoms with Crippen molar-refractivity contribution in [1.82, 2.24) is 19.8 Å². The van der Waals surface area contributed by atoms with Gasteiger partial charge in [-0.3, -0.25) is 0 Å². The Kier molecular flexibility index (Phi) is 3.17. The highest BCUT2D eigenvalue weighted by Crippen LogP contribution is 2.32. The van der Waals surface area contributed by atoms with E-state index in [-0.39, 0.29) is 0 Å². The normalized spacial score (nSPS) is 11.5. The summed E-state index contributed by atoms with van der Waals surface area (Å²) in [6, 6.07) is 18.0. The van der Waals surface area contributed by atoms with Crippen molar-refractivity contribution >= 4 is 49.9 Å². The monoisotopic (exact) mass is 444 g/mol. The van der Waals surface area contributed by atoms with E-state index in [0.29, 0.717) is 11.6 Å². The molecule has 0 saturated heterocycles. The SMILES string of the molecule is Ic1ccccc1-c1nn2c(-c3cc4ccccc4o3)nnc2s1.